The number of para-hydroxylation sites is 1. The highest BCUT2D eigenvalue weighted by Gasteiger charge is 2.20. The van der Waals surface area contributed by atoms with Gasteiger partial charge in [-0.3, -0.25) is 0 Å². The van der Waals surface area contributed by atoms with Crippen LogP contribution in [0.25, 0.3) is 38.8 Å². The number of amidine groups is 1. The molecule has 0 saturated carbocycles. The zero-order valence-electron chi connectivity index (χ0n) is 22.3. The van der Waals surface area contributed by atoms with Gasteiger partial charge in [-0.2, -0.15) is 0 Å². The van der Waals surface area contributed by atoms with Crippen molar-refractivity contribution in [1.29, 1.82) is 0 Å². The van der Waals surface area contributed by atoms with Gasteiger partial charge in [0, 0.05) is 27.5 Å². The lowest BCUT2D eigenvalue weighted by molar-refractivity contribution is 0.669. The van der Waals surface area contributed by atoms with Crippen LogP contribution in [0.1, 0.15) is 36.5 Å². The predicted molar refractivity (Wildman–Crippen MR) is 167 cm³/mol. The molecule has 7 rings (SSSR count). The molecule has 1 aliphatic rings. The molecule has 192 valence electrons. The molecule has 0 fully saturated rings. The van der Waals surface area contributed by atoms with Gasteiger partial charge in [0.05, 0.1) is 11.4 Å². The van der Waals surface area contributed by atoms with E-state index in [0.29, 0.717) is 0 Å². The third kappa shape index (κ3) is 4.36. The summed E-state index contributed by atoms with van der Waals surface area (Å²) in [5, 5.41) is 2.26. The van der Waals surface area contributed by atoms with Crippen LogP contribution in [0, 0.1) is 0 Å². The molecule has 0 radical (unpaired) electrons. The normalized spacial score (nSPS) is 15.9. The van der Waals surface area contributed by atoms with Crippen molar-refractivity contribution >= 4 is 39.2 Å². The molecule has 0 saturated heterocycles. The van der Waals surface area contributed by atoms with E-state index in [1.54, 1.807) is 0 Å². The van der Waals surface area contributed by atoms with Crippen LogP contribution in [0.15, 0.2) is 147 Å². The van der Waals surface area contributed by atoms with E-state index in [0.717, 1.165) is 79.8 Å². The number of benzene rings is 5. The zero-order valence-corrected chi connectivity index (χ0v) is 22.3. The quantitative estimate of drug-likeness (QED) is 0.230. The molecule has 3 nitrogen and oxygen atoms in total. The smallest absolute Gasteiger partial charge is 0.160 e. The van der Waals surface area contributed by atoms with Crippen LogP contribution in [-0.2, 0) is 0 Å². The molecule has 0 N–H and O–H groups in total. The van der Waals surface area contributed by atoms with Gasteiger partial charge >= 0.3 is 0 Å². The lowest BCUT2D eigenvalue weighted by Crippen LogP contribution is -2.11. The summed E-state index contributed by atoms with van der Waals surface area (Å²) in [6.45, 7) is 2.20. The van der Waals surface area contributed by atoms with Crippen molar-refractivity contribution in [1.82, 2.24) is 0 Å². The summed E-state index contributed by atoms with van der Waals surface area (Å²) in [5.41, 5.74) is 10.6. The number of fused-ring (bicyclic) bond motifs is 3. The summed E-state index contributed by atoms with van der Waals surface area (Å²) in [4.78, 5) is 10.5. The van der Waals surface area contributed by atoms with E-state index in [2.05, 4.69) is 91.9 Å². The molecule has 0 atom stereocenters. The number of hydrogen-bond acceptors (Lipinski definition) is 3. The molecule has 1 aliphatic heterocycles. The molecule has 6 aromatic rings. The lowest BCUT2D eigenvalue weighted by atomic mass is 9.90. The van der Waals surface area contributed by atoms with Crippen molar-refractivity contribution in [2.45, 2.75) is 19.8 Å². The van der Waals surface area contributed by atoms with Gasteiger partial charge in [0.25, 0.3) is 0 Å². The van der Waals surface area contributed by atoms with Crippen LogP contribution >= 0.6 is 0 Å². The Bertz CT molecular complexity index is 1940. The largest absolute Gasteiger partial charge is 0.456 e. The topological polar surface area (TPSA) is 37.9 Å². The third-order valence-corrected chi connectivity index (χ3v) is 7.61. The number of aliphatic imine (C=N–C) groups is 2. The Morgan fingerprint density at radius 2 is 1.15 bits per heavy atom. The van der Waals surface area contributed by atoms with E-state index in [4.69, 9.17) is 14.4 Å². The first-order chi connectivity index (χ1) is 19.8. The maximum Gasteiger partial charge on any atom is 0.160 e. The molecule has 2 heterocycles. The Hall–Kier alpha value is -5.02. The molecule has 0 aliphatic carbocycles. The van der Waals surface area contributed by atoms with Crippen LogP contribution in [0.3, 0.4) is 0 Å². The molecule has 0 bridgehead atoms. The fourth-order valence-electron chi connectivity index (χ4n) is 5.62. The lowest BCUT2D eigenvalue weighted by Gasteiger charge is -2.18. The van der Waals surface area contributed by atoms with Crippen molar-refractivity contribution < 1.29 is 4.42 Å². The Morgan fingerprint density at radius 1 is 0.525 bits per heavy atom. The second-order valence-corrected chi connectivity index (χ2v) is 10.2. The fraction of sp³-hybridized carbons (Fsp3) is 0.0811. The molecular formula is C37H28N2O. The molecule has 5 aromatic carbocycles. The second kappa shape index (κ2) is 10.3. The van der Waals surface area contributed by atoms with E-state index in [1.165, 1.54) is 5.57 Å². The predicted octanol–water partition coefficient (Wildman–Crippen LogP) is 9.71. The SMILES string of the molecule is C/C1=C(\c2ccccc2)N=C(c2ccccc2)N=C(c2ccccc2-c2cccc3oc4ccccc4c23)CC1. The number of hydrogen-bond donors (Lipinski definition) is 0. The molecule has 0 amide bonds. The summed E-state index contributed by atoms with van der Waals surface area (Å²) < 4.78 is 6.22. The minimum absolute atomic E-state index is 0.732. The molecule has 40 heavy (non-hydrogen) atoms. The Labute approximate surface area is 233 Å². The van der Waals surface area contributed by atoms with Gasteiger partial charge in [0.15, 0.2) is 5.84 Å². The van der Waals surface area contributed by atoms with Gasteiger partial charge in [0.2, 0.25) is 0 Å². The van der Waals surface area contributed by atoms with Gasteiger partial charge in [0.1, 0.15) is 11.2 Å². The summed E-state index contributed by atoms with van der Waals surface area (Å²) in [6, 6.07) is 43.9. The molecular weight excluding hydrogens is 488 g/mol. The van der Waals surface area contributed by atoms with Crippen LogP contribution in [-0.4, -0.2) is 11.5 Å². The molecule has 0 spiro atoms. The highest BCUT2D eigenvalue weighted by molar-refractivity contribution is 6.19. The minimum atomic E-state index is 0.732. The van der Waals surface area contributed by atoms with Crippen LogP contribution in [0.5, 0.6) is 0 Å². The summed E-state index contributed by atoms with van der Waals surface area (Å²) in [7, 11) is 0. The molecule has 3 heteroatoms. The Balaban J connectivity index is 1.43. The van der Waals surface area contributed by atoms with Crippen LogP contribution < -0.4 is 0 Å². The van der Waals surface area contributed by atoms with Gasteiger partial charge in [-0.25, -0.2) is 9.98 Å². The van der Waals surface area contributed by atoms with Gasteiger partial charge in [-0.05, 0) is 48.6 Å². The number of furan rings is 1. The first-order valence-electron chi connectivity index (χ1n) is 13.7. The molecule has 0 unspecified atom stereocenters. The number of rotatable bonds is 4. The fourth-order valence-corrected chi connectivity index (χ4v) is 5.62. The van der Waals surface area contributed by atoms with Crippen molar-refractivity contribution in [3.8, 4) is 11.1 Å². The van der Waals surface area contributed by atoms with Gasteiger partial charge in [-0.15, -0.1) is 0 Å². The second-order valence-electron chi connectivity index (χ2n) is 10.2. The van der Waals surface area contributed by atoms with Crippen molar-refractivity contribution in [2.24, 2.45) is 9.98 Å². The maximum absolute atomic E-state index is 6.22. The van der Waals surface area contributed by atoms with E-state index in [-0.39, 0.29) is 0 Å². The Morgan fingerprint density at radius 3 is 1.95 bits per heavy atom. The average molecular weight is 517 g/mol. The highest BCUT2D eigenvalue weighted by atomic mass is 16.3. The van der Waals surface area contributed by atoms with E-state index in [9.17, 15) is 0 Å². The summed E-state index contributed by atoms with van der Waals surface area (Å²) >= 11 is 0. The summed E-state index contributed by atoms with van der Waals surface area (Å²) in [5.74, 6) is 0.732. The van der Waals surface area contributed by atoms with Crippen molar-refractivity contribution in [3.63, 3.8) is 0 Å². The third-order valence-electron chi connectivity index (χ3n) is 7.61. The van der Waals surface area contributed by atoms with Gasteiger partial charge < -0.3 is 4.42 Å². The van der Waals surface area contributed by atoms with E-state index < -0.39 is 0 Å². The van der Waals surface area contributed by atoms with Gasteiger partial charge in [-0.1, -0.05) is 115 Å². The zero-order chi connectivity index (χ0) is 26.9. The number of nitrogens with zero attached hydrogens (tertiary/aromatic N) is 2. The minimum Gasteiger partial charge on any atom is -0.456 e. The molecule has 1 aromatic heterocycles. The maximum atomic E-state index is 6.22. The number of allylic oxidation sites excluding steroid dienone is 1. The summed E-state index contributed by atoms with van der Waals surface area (Å²) in [6.07, 6.45) is 1.69. The average Bonchev–Trinajstić information content (AvgIpc) is 3.39. The first kappa shape index (κ1) is 24.1. The van der Waals surface area contributed by atoms with E-state index >= 15 is 0 Å². The standard InChI is InChI=1S/C37H28N2O/c1-25-23-24-32(38-37(27-15-6-3-7-16-27)39-36(25)26-13-4-2-5-14-26)29-18-9-8-17-28(29)30-20-12-22-34-35(30)31-19-10-11-21-33(31)40-34/h2-22H,23-24H2,1H3/b36-25-,38-32?,39-37?. The first-order valence-corrected chi connectivity index (χ1v) is 13.7. The Kier molecular flexibility index (Phi) is 6.18. The van der Waals surface area contributed by atoms with Crippen LogP contribution in [0.2, 0.25) is 0 Å². The monoisotopic (exact) mass is 516 g/mol. The highest BCUT2D eigenvalue weighted by Crippen LogP contribution is 2.38. The van der Waals surface area contributed by atoms with E-state index in [1.807, 2.05) is 42.5 Å². The van der Waals surface area contributed by atoms with Crippen molar-refractivity contribution in [2.75, 3.05) is 0 Å². The van der Waals surface area contributed by atoms with Crippen LogP contribution in [0.4, 0.5) is 0 Å². The van der Waals surface area contributed by atoms with Crippen molar-refractivity contribution in [3.05, 3.63) is 150 Å².